The molecule has 2 aliphatic rings. The zero-order valence-corrected chi connectivity index (χ0v) is 17.0. The molecule has 1 atom stereocenters. The Bertz CT molecular complexity index is 801. The van der Waals surface area contributed by atoms with Crippen LogP contribution in [0, 0.1) is 0 Å². The number of aryl methyl sites for hydroxylation is 2. The van der Waals surface area contributed by atoms with Crippen molar-refractivity contribution in [1.82, 2.24) is 19.6 Å². The summed E-state index contributed by atoms with van der Waals surface area (Å²) in [6.07, 6.45) is 8.87. The summed E-state index contributed by atoms with van der Waals surface area (Å²) in [5, 5.41) is 13.4. The second-order valence-corrected chi connectivity index (χ2v) is 9.68. The maximum Gasteiger partial charge on any atom is 0.154 e. The van der Waals surface area contributed by atoms with Crippen LogP contribution in [0.3, 0.4) is 0 Å². The van der Waals surface area contributed by atoms with E-state index in [4.69, 9.17) is 5.10 Å². The summed E-state index contributed by atoms with van der Waals surface area (Å²) in [7, 11) is 0. The van der Waals surface area contributed by atoms with Crippen LogP contribution in [0.25, 0.3) is 0 Å². The van der Waals surface area contributed by atoms with Crippen molar-refractivity contribution in [2.45, 2.75) is 84.5 Å². The Morgan fingerprint density at radius 3 is 2.50 bits per heavy atom. The van der Waals surface area contributed by atoms with E-state index in [9.17, 15) is 0 Å². The number of hydrogen-bond donors (Lipinski definition) is 1. The molecule has 0 aliphatic carbocycles. The van der Waals surface area contributed by atoms with Crippen molar-refractivity contribution in [2.24, 2.45) is 0 Å². The summed E-state index contributed by atoms with van der Waals surface area (Å²) < 4.78 is 4.26. The van der Waals surface area contributed by atoms with Gasteiger partial charge in [0.15, 0.2) is 5.82 Å². The number of nitrogens with one attached hydrogen (secondary N) is 1. The molecule has 4 heterocycles. The Balaban J connectivity index is 1.65. The minimum absolute atomic E-state index is 0.0329. The van der Waals surface area contributed by atoms with E-state index in [0.29, 0.717) is 0 Å². The van der Waals surface area contributed by atoms with Gasteiger partial charge in [0.1, 0.15) is 12.0 Å². The molecule has 1 N–H and O–H groups in total. The van der Waals surface area contributed by atoms with Crippen LogP contribution in [0.2, 0.25) is 0 Å². The van der Waals surface area contributed by atoms with Crippen LogP contribution in [-0.4, -0.2) is 31.6 Å². The SMILES string of the molecule is CC(C)(C)N1CCCc2cn(C3CCc4cnn(C(C)(C)C)c4N3)nc21. The Hall–Kier alpha value is -1.98. The van der Waals surface area contributed by atoms with E-state index in [-0.39, 0.29) is 17.2 Å². The average Bonchev–Trinajstić information content (AvgIpc) is 3.16. The second-order valence-electron chi connectivity index (χ2n) is 9.68. The zero-order chi connectivity index (χ0) is 18.7. The van der Waals surface area contributed by atoms with Crippen LogP contribution in [0.4, 0.5) is 11.6 Å². The van der Waals surface area contributed by atoms with Gasteiger partial charge in [0, 0.05) is 29.4 Å². The molecule has 0 fully saturated rings. The van der Waals surface area contributed by atoms with Crippen molar-refractivity contribution in [2.75, 3.05) is 16.8 Å². The molecule has 2 aromatic rings. The monoisotopic (exact) mass is 356 g/mol. The van der Waals surface area contributed by atoms with E-state index in [1.54, 1.807) is 0 Å². The summed E-state index contributed by atoms with van der Waals surface area (Å²) in [5.41, 5.74) is 2.76. The Kier molecular flexibility index (Phi) is 3.86. The normalized spacial score (nSPS) is 20.5. The number of hydrogen-bond acceptors (Lipinski definition) is 4. The molecule has 142 valence electrons. The number of fused-ring (bicyclic) bond motifs is 2. The van der Waals surface area contributed by atoms with Gasteiger partial charge in [0.2, 0.25) is 0 Å². The topological polar surface area (TPSA) is 50.9 Å². The standard InChI is InChI=1S/C20H32N6/c1-19(2,3)24-11-7-8-15-13-25(23-18(15)24)16-10-9-14-12-21-26(17(14)22-16)20(4,5)6/h12-13,16,22H,7-11H2,1-6H3. The molecule has 0 saturated heterocycles. The van der Waals surface area contributed by atoms with E-state index in [1.807, 2.05) is 6.20 Å². The number of nitrogens with zero attached hydrogens (tertiary/aromatic N) is 5. The van der Waals surface area contributed by atoms with Gasteiger partial charge < -0.3 is 10.2 Å². The fraction of sp³-hybridized carbons (Fsp3) is 0.700. The summed E-state index contributed by atoms with van der Waals surface area (Å²) >= 11 is 0. The van der Waals surface area contributed by atoms with E-state index in [2.05, 4.69) is 72.4 Å². The summed E-state index contributed by atoms with van der Waals surface area (Å²) in [6, 6.07) is 0. The molecule has 0 bridgehead atoms. The molecule has 0 aromatic carbocycles. The van der Waals surface area contributed by atoms with Crippen LogP contribution < -0.4 is 10.2 Å². The van der Waals surface area contributed by atoms with E-state index < -0.39 is 0 Å². The molecular formula is C20H32N6. The summed E-state index contributed by atoms with van der Waals surface area (Å²) in [5.74, 6) is 2.32. The molecule has 0 saturated carbocycles. The lowest BCUT2D eigenvalue weighted by atomic mass is 10.00. The molecule has 0 spiro atoms. The Labute approximate surface area is 156 Å². The van der Waals surface area contributed by atoms with Crippen LogP contribution in [-0.2, 0) is 18.4 Å². The van der Waals surface area contributed by atoms with E-state index in [1.165, 1.54) is 23.4 Å². The van der Waals surface area contributed by atoms with Crippen LogP contribution in [0.15, 0.2) is 12.4 Å². The second kappa shape index (κ2) is 5.76. The third-order valence-corrected chi connectivity index (χ3v) is 5.47. The molecule has 6 nitrogen and oxygen atoms in total. The van der Waals surface area contributed by atoms with Crippen molar-refractivity contribution in [3.05, 3.63) is 23.5 Å². The zero-order valence-electron chi connectivity index (χ0n) is 17.0. The predicted molar refractivity (Wildman–Crippen MR) is 106 cm³/mol. The lowest BCUT2D eigenvalue weighted by Crippen LogP contribution is -2.44. The van der Waals surface area contributed by atoms with Crippen LogP contribution >= 0.6 is 0 Å². The lowest BCUT2D eigenvalue weighted by Gasteiger charge is -2.39. The first-order valence-corrected chi connectivity index (χ1v) is 9.84. The largest absolute Gasteiger partial charge is 0.350 e. The third kappa shape index (κ3) is 2.89. The third-order valence-electron chi connectivity index (χ3n) is 5.47. The molecular weight excluding hydrogens is 324 g/mol. The van der Waals surface area contributed by atoms with Crippen LogP contribution in [0.1, 0.15) is 71.7 Å². The number of aromatic nitrogens is 4. The highest BCUT2D eigenvalue weighted by Crippen LogP contribution is 2.36. The fourth-order valence-electron chi connectivity index (χ4n) is 4.12. The van der Waals surface area contributed by atoms with Crippen LogP contribution in [0.5, 0.6) is 0 Å². The van der Waals surface area contributed by atoms with Gasteiger partial charge in [-0.3, -0.25) is 0 Å². The van der Waals surface area contributed by atoms with Gasteiger partial charge in [-0.15, -0.1) is 0 Å². The summed E-state index contributed by atoms with van der Waals surface area (Å²) in [4.78, 5) is 2.45. The van der Waals surface area contributed by atoms with Gasteiger partial charge in [0.05, 0.1) is 11.7 Å². The highest BCUT2D eigenvalue weighted by Gasteiger charge is 2.32. The van der Waals surface area contributed by atoms with Gasteiger partial charge >= 0.3 is 0 Å². The van der Waals surface area contributed by atoms with E-state index >= 15 is 0 Å². The molecule has 4 rings (SSSR count). The fourth-order valence-corrected chi connectivity index (χ4v) is 4.12. The van der Waals surface area contributed by atoms with E-state index in [0.717, 1.165) is 31.6 Å². The molecule has 0 radical (unpaired) electrons. The number of rotatable bonds is 1. The highest BCUT2D eigenvalue weighted by atomic mass is 15.4. The lowest BCUT2D eigenvalue weighted by molar-refractivity contribution is 0.352. The van der Waals surface area contributed by atoms with Crippen molar-refractivity contribution >= 4 is 11.6 Å². The first-order valence-electron chi connectivity index (χ1n) is 9.84. The maximum atomic E-state index is 5.02. The van der Waals surface area contributed by atoms with Gasteiger partial charge in [-0.25, -0.2) is 9.36 Å². The molecule has 0 amide bonds. The highest BCUT2D eigenvalue weighted by molar-refractivity contribution is 5.51. The Morgan fingerprint density at radius 1 is 1.04 bits per heavy atom. The molecule has 2 aliphatic heterocycles. The quantitative estimate of drug-likeness (QED) is 0.841. The molecule has 26 heavy (non-hydrogen) atoms. The predicted octanol–water partition coefficient (Wildman–Crippen LogP) is 3.94. The van der Waals surface area contributed by atoms with Crippen molar-refractivity contribution in [3.8, 4) is 0 Å². The minimum atomic E-state index is -0.0329. The molecule has 1 unspecified atom stereocenters. The van der Waals surface area contributed by atoms with Gasteiger partial charge in [0.25, 0.3) is 0 Å². The summed E-state index contributed by atoms with van der Waals surface area (Å²) in [6.45, 7) is 14.5. The van der Waals surface area contributed by atoms with Gasteiger partial charge in [-0.05, 0) is 67.2 Å². The van der Waals surface area contributed by atoms with Crippen molar-refractivity contribution in [1.29, 1.82) is 0 Å². The minimum Gasteiger partial charge on any atom is -0.350 e. The smallest absolute Gasteiger partial charge is 0.154 e. The average molecular weight is 357 g/mol. The maximum absolute atomic E-state index is 5.02. The first kappa shape index (κ1) is 17.4. The Morgan fingerprint density at radius 2 is 1.81 bits per heavy atom. The van der Waals surface area contributed by atoms with Crippen molar-refractivity contribution in [3.63, 3.8) is 0 Å². The van der Waals surface area contributed by atoms with Gasteiger partial charge in [-0.1, -0.05) is 0 Å². The molecule has 2 aromatic heterocycles. The molecule has 6 heteroatoms. The first-order chi connectivity index (χ1) is 12.1. The van der Waals surface area contributed by atoms with Crippen molar-refractivity contribution < 1.29 is 0 Å². The number of anilines is 2. The van der Waals surface area contributed by atoms with Gasteiger partial charge in [-0.2, -0.15) is 10.2 Å².